The van der Waals surface area contributed by atoms with Gasteiger partial charge in [0.2, 0.25) is 5.78 Å². The summed E-state index contributed by atoms with van der Waals surface area (Å²) in [4.78, 5) is 27.5. The van der Waals surface area contributed by atoms with Crippen LogP contribution in [0.4, 0.5) is 0 Å². The zero-order chi connectivity index (χ0) is 17.1. The fourth-order valence-electron chi connectivity index (χ4n) is 2.57. The zero-order valence-corrected chi connectivity index (χ0v) is 13.8. The van der Waals surface area contributed by atoms with Crippen LogP contribution < -0.4 is 0 Å². The van der Waals surface area contributed by atoms with Crippen molar-refractivity contribution in [1.29, 1.82) is 0 Å². The van der Waals surface area contributed by atoms with E-state index in [0.717, 1.165) is 16.5 Å². The second-order valence-electron chi connectivity index (χ2n) is 5.54. The Hall–Kier alpha value is -2.59. The van der Waals surface area contributed by atoms with Crippen LogP contribution in [-0.2, 0) is 16.0 Å². The Labute approximate surface area is 144 Å². The number of hydrogen-bond acceptors (Lipinski definition) is 3. The fraction of sp³-hybridized carbons (Fsp3) is 0.158. The van der Waals surface area contributed by atoms with Crippen LogP contribution in [0.15, 0.2) is 54.7 Å². The normalized spacial score (nSPS) is 12.1. The minimum absolute atomic E-state index is 0.113. The largest absolute Gasteiger partial charge is 0.454 e. The number of benzene rings is 2. The van der Waals surface area contributed by atoms with E-state index in [1.54, 1.807) is 37.4 Å². The molecule has 5 heteroatoms. The molecule has 0 fully saturated rings. The van der Waals surface area contributed by atoms with Crippen molar-refractivity contribution in [2.45, 2.75) is 19.4 Å². The summed E-state index contributed by atoms with van der Waals surface area (Å²) in [7, 11) is 0. The van der Waals surface area contributed by atoms with Crippen molar-refractivity contribution < 1.29 is 14.3 Å². The third-order valence-electron chi connectivity index (χ3n) is 3.82. The quantitative estimate of drug-likeness (QED) is 0.559. The molecule has 1 atom stereocenters. The smallest absolute Gasteiger partial charge is 0.311 e. The molecule has 3 aromatic rings. The predicted octanol–water partition coefficient (Wildman–Crippen LogP) is 4.18. The number of H-pyrrole nitrogens is 1. The molecule has 122 valence electrons. The maximum absolute atomic E-state index is 12.3. The van der Waals surface area contributed by atoms with Crippen molar-refractivity contribution in [3.63, 3.8) is 0 Å². The van der Waals surface area contributed by atoms with Crippen LogP contribution in [0.2, 0.25) is 5.02 Å². The Kier molecular flexibility index (Phi) is 4.67. The van der Waals surface area contributed by atoms with Crippen LogP contribution in [0.3, 0.4) is 0 Å². The number of esters is 1. The molecular weight excluding hydrogens is 326 g/mol. The monoisotopic (exact) mass is 341 g/mol. The number of fused-ring (bicyclic) bond motifs is 1. The molecule has 1 heterocycles. The van der Waals surface area contributed by atoms with Gasteiger partial charge in [0.1, 0.15) is 0 Å². The van der Waals surface area contributed by atoms with E-state index in [-0.39, 0.29) is 12.2 Å². The van der Waals surface area contributed by atoms with E-state index >= 15 is 0 Å². The van der Waals surface area contributed by atoms with Crippen LogP contribution in [-0.4, -0.2) is 22.8 Å². The van der Waals surface area contributed by atoms with E-state index in [2.05, 4.69) is 4.98 Å². The van der Waals surface area contributed by atoms with Gasteiger partial charge in [-0.15, -0.1) is 0 Å². The van der Waals surface area contributed by atoms with Crippen LogP contribution >= 0.6 is 11.6 Å². The highest BCUT2D eigenvalue weighted by atomic mass is 35.5. The first-order chi connectivity index (χ1) is 11.5. The van der Waals surface area contributed by atoms with Gasteiger partial charge in [0.15, 0.2) is 6.10 Å². The summed E-state index contributed by atoms with van der Waals surface area (Å²) < 4.78 is 5.28. The van der Waals surface area contributed by atoms with Crippen molar-refractivity contribution in [1.82, 2.24) is 4.98 Å². The molecule has 0 spiro atoms. The topological polar surface area (TPSA) is 59.2 Å². The zero-order valence-electron chi connectivity index (χ0n) is 13.1. The van der Waals surface area contributed by atoms with Crippen molar-refractivity contribution in [3.8, 4) is 0 Å². The highest BCUT2D eigenvalue weighted by Crippen LogP contribution is 2.19. The van der Waals surface area contributed by atoms with Crippen molar-refractivity contribution in [2.24, 2.45) is 0 Å². The SMILES string of the molecule is C[C@@H](OC(=O)Cc1c[nH]c2ccccc12)C(=O)c1ccc(Cl)cc1. The lowest BCUT2D eigenvalue weighted by Crippen LogP contribution is -2.25. The van der Waals surface area contributed by atoms with Gasteiger partial charge in [0.25, 0.3) is 0 Å². The molecule has 3 rings (SSSR count). The Balaban J connectivity index is 1.66. The second-order valence-corrected chi connectivity index (χ2v) is 5.98. The van der Waals surface area contributed by atoms with Crippen molar-refractivity contribution in [2.75, 3.05) is 0 Å². The van der Waals surface area contributed by atoms with E-state index < -0.39 is 12.1 Å². The first-order valence-electron chi connectivity index (χ1n) is 7.59. The van der Waals surface area contributed by atoms with Gasteiger partial charge in [-0.3, -0.25) is 9.59 Å². The lowest BCUT2D eigenvalue weighted by atomic mass is 10.1. The number of carbonyl (C=O) groups excluding carboxylic acids is 2. The molecule has 0 aliphatic carbocycles. The molecule has 0 saturated carbocycles. The Morgan fingerprint density at radius 2 is 1.83 bits per heavy atom. The van der Waals surface area contributed by atoms with Gasteiger partial charge in [-0.1, -0.05) is 29.8 Å². The van der Waals surface area contributed by atoms with Gasteiger partial charge in [0, 0.05) is 27.7 Å². The molecule has 1 aromatic heterocycles. The molecule has 24 heavy (non-hydrogen) atoms. The lowest BCUT2D eigenvalue weighted by Gasteiger charge is -2.12. The van der Waals surface area contributed by atoms with Gasteiger partial charge < -0.3 is 9.72 Å². The number of aromatic nitrogens is 1. The molecule has 0 radical (unpaired) electrons. The molecule has 0 saturated heterocycles. The fourth-order valence-corrected chi connectivity index (χ4v) is 2.70. The second kappa shape index (κ2) is 6.89. The van der Waals surface area contributed by atoms with Gasteiger partial charge in [0.05, 0.1) is 6.42 Å². The van der Waals surface area contributed by atoms with Gasteiger partial charge in [-0.25, -0.2) is 0 Å². The molecule has 1 N–H and O–H groups in total. The number of aromatic amines is 1. The third-order valence-corrected chi connectivity index (χ3v) is 4.07. The summed E-state index contributed by atoms with van der Waals surface area (Å²) in [5.41, 5.74) is 2.28. The highest BCUT2D eigenvalue weighted by molar-refractivity contribution is 6.30. The number of halogens is 1. The molecule has 0 bridgehead atoms. The predicted molar refractivity (Wildman–Crippen MR) is 93.3 cm³/mol. The summed E-state index contributed by atoms with van der Waals surface area (Å²) in [5.74, 6) is -0.687. The maximum Gasteiger partial charge on any atom is 0.311 e. The van der Waals surface area contributed by atoms with E-state index in [1.165, 1.54) is 0 Å². The number of Topliss-reactive ketones (excluding diaryl/α,β-unsaturated/α-hetero) is 1. The minimum atomic E-state index is -0.844. The Morgan fingerprint density at radius 3 is 2.58 bits per heavy atom. The number of nitrogens with one attached hydrogen (secondary N) is 1. The summed E-state index contributed by atoms with van der Waals surface area (Å²) in [5, 5.41) is 1.53. The van der Waals surface area contributed by atoms with E-state index in [1.807, 2.05) is 24.3 Å². The maximum atomic E-state index is 12.3. The first kappa shape index (κ1) is 16.3. The van der Waals surface area contributed by atoms with Crippen molar-refractivity contribution in [3.05, 3.63) is 70.9 Å². The van der Waals surface area contributed by atoms with Crippen LogP contribution in [0, 0.1) is 0 Å². The summed E-state index contributed by atoms with van der Waals surface area (Å²) >= 11 is 5.81. The summed E-state index contributed by atoms with van der Waals surface area (Å²) in [6.45, 7) is 1.57. The number of rotatable bonds is 5. The highest BCUT2D eigenvalue weighted by Gasteiger charge is 2.20. The molecule has 4 nitrogen and oxygen atoms in total. The standard InChI is InChI=1S/C19H16ClNO3/c1-12(19(23)13-6-8-15(20)9-7-13)24-18(22)10-14-11-21-17-5-3-2-4-16(14)17/h2-9,11-12,21H,10H2,1H3/t12-/m1/s1. The average Bonchev–Trinajstić information content (AvgIpc) is 2.98. The minimum Gasteiger partial charge on any atom is -0.454 e. The molecule has 0 amide bonds. The van der Waals surface area contributed by atoms with Gasteiger partial charge >= 0.3 is 5.97 Å². The van der Waals surface area contributed by atoms with Crippen LogP contribution in [0.25, 0.3) is 10.9 Å². The van der Waals surface area contributed by atoms with E-state index in [4.69, 9.17) is 16.3 Å². The summed E-state index contributed by atoms with van der Waals surface area (Å²) in [6.07, 6.45) is 1.06. The average molecular weight is 342 g/mol. The first-order valence-corrected chi connectivity index (χ1v) is 7.96. The molecule has 2 aromatic carbocycles. The Bertz CT molecular complexity index is 883. The number of carbonyl (C=O) groups is 2. The summed E-state index contributed by atoms with van der Waals surface area (Å²) in [6, 6.07) is 14.2. The lowest BCUT2D eigenvalue weighted by molar-refractivity contribution is -0.145. The Morgan fingerprint density at radius 1 is 1.12 bits per heavy atom. The molecule has 0 unspecified atom stereocenters. The van der Waals surface area contributed by atoms with Crippen LogP contribution in [0.5, 0.6) is 0 Å². The van der Waals surface area contributed by atoms with Crippen LogP contribution in [0.1, 0.15) is 22.8 Å². The van der Waals surface area contributed by atoms with E-state index in [0.29, 0.717) is 10.6 Å². The molecule has 0 aliphatic rings. The van der Waals surface area contributed by atoms with Gasteiger partial charge in [-0.2, -0.15) is 0 Å². The number of ketones is 1. The van der Waals surface area contributed by atoms with Gasteiger partial charge in [-0.05, 0) is 42.8 Å². The number of hydrogen-bond donors (Lipinski definition) is 1. The number of para-hydroxylation sites is 1. The third kappa shape index (κ3) is 3.49. The van der Waals surface area contributed by atoms with Crippen molar-refractivity contribution >= 4 is 34.3 Å². The van der Waals surface area contributed by atoms with E-state index in [9.17, 15) is 9.59 Å². The molecular formula is C19H16ClNO3. The molecule has 0 aliphatic heterocycles. The number of ether oxygens (including phenoxy) is 1.